The van der Waals surface area contributed by atoms with Gasteiger partial charge >= 0.3 is 0 Å². The SMILES string of the molecule is C=Cc1c(C=C)c(-c2ccc(C(/C=C(\C)C#N)=C/N)cc2)c2ccccc2c1-c1ccc(/C(C=N)=C/C(=C)C#N)cc1. The van der Waals surface area contributed by atoms with Crippen LogP contribution >= 0.6 is 0 Å². The minimum absolute atomic E-state index is 0.292. The molecule has 0 heterocycles. The highest BCUT2D eigenvalue weighted by Crippen LogP contribution is 2.43. The number of nitrogens with zero attached hydrogens (tertiary/aromatic N) is 2. The normalized spacial score (nSPS) is 11.8. The molecule has 0 bridgehead atoms. The standard InChI is InChI=1S/C38H30N4/c1-5-33-34(6-2)38(30-17-13-28(14-18-30)32(24-42)20-26(4)22-40)36-10-8-7-9-35(36)37(33)29-15-11-27(12-16-29)31(23-41)19-25(3)21-39/h5-20,23-24,41H,1-3,42H2,4H3/b26-20+,31-19+,32-24+,41-23?. The molecule has 0 aliphatic rings. The van der Waals surface area contributed by atoms with Crippen molar-refractivity contribution in [2.45, 2.75) is 6.92 Å². The summed E-state index contributed by atoms with van der Waals surface area (Å²) in [5, 5.41) is 28.3. The molecule has 0 spiro atoms. The smallest absolute Gasteiger partial charge is 0.0985 e. The molecule has 0 radical (unpaired) electrons. The second-order valence-electron chi connectivity index (χ2n) is 9.63. The van der Waals surface area contributed by atoms with Crippen LogP contribution in [0.25, 0.3) is 56.3 Å². The average Bonchev–Trinajstić information content (AvgIpc) is 3.04. The van der Waals surface area contributed by atoms with Crippen molar-refractivity contribution in [1.29, 1.82) is 15.9 Å². The number of allylic oxidation sites excluding steroid dienone is 6. The first-order valence-corrected chi connectivity index (χ1v) is 13.3. The van der Waals surface area contributed by atoms with Gasteiger partial charge in [0.15, 0.2) is 0 Å². The van der Waals surface area contributed by atoms with Crippen molar-refractivity contribution in [3.63, 3.8) is 0 Å². The minimum Gasteiger partial charge on any atom is -0.404 e. The maximum Gasteiger partial charge on any atom is 0.0985 e. The Morgan fingerprint density at radius 3 is 1.60 bits per heavy atom. The van der Waals surface area contributed by atoms with E-state index in [0.717, 1.165) is 60.9 Å². The van der Waals surface area contributed by atoms with Crippen molar-refractivity contribution in [3.8, 4) is 34.4 Å². The molecule has 0 amide bonds. The number of rotatable bonds is 9. The highest BCUT2D eigenvalue weighted by atomic mass is 14.5. The third kappa shape index (κ3) is 5.65. The highest BCUT2D eigenvalue weighted by molar-refractivity contribution is 6.12. The summed E-state index contributed by atoms with van der Waals surface area (Å²) in [6.45, 7) is 13.8. The van der Waals surface area contributed by atoms with Crippen LogP contribution < -0.4 is 5.73 Å². The zero-order valence-corrected chi connectivity index (χ0v) is 23.5. The molecule has 0 aliphatic heterocycles. The summed E-state index contributed by atoms with van der Waals surface area (Å²) in [4.78, 5) is 0. The van der Waals surface area contributed by atoms with Crippen molar-refractivity contribution in [3.05, 3.63) is 144 Å². The van der Waals surface area contributed by atoms with Crippen molar-refractivity contribution in [2.24, 2.45) is 5.73 Å². The van der Waals surface area contributed by atoms with E-state index in [1.807, 2.05) is 66.8 Å². The molecule has 4 rings (SSSR count). The van der Waals surface area contributed by atoms with Crippen LogP contribution in [0.15, 0.2) is 122 Å². The molecule has 4 heteroatoms. The Labute approximate surface area is 247 Å². The number of fused-ring (bicyclic) bond motifs is 1. The van der Waals surface area contributed by atoms with Gasteiger partial charge in [-0.25, -0.2) is 0 Å². The van der Waals surface area contributed by atoms with Crippen LogP contribution in [0, 0.1) is 28.1 Å². The summed E-state index contributed by atoms with van der Waals surface area (Å²) in [6.07, 6.45) is 9.86. The molecule has 0 saturated carbocycles. The van der Waals surface area contributed by atoms with E-state index in [1.165, 1.54) is 12.4 Å². The van der Waals surface area contributed by atoms with E-state index in [9.17, 15) is 5.26 Å². The van der Waals surface area contributed by atoms with Crippen molar-refractivity contribution < 1.29 is 0 Å². The van der Waals surface area contributed by atoms with Gasteiger partial charge in [0.25, 0.3) is 0 Å². The Hall–Kier alpha value is -5.97. The molecule has 0 unspecified atom stereocenters. The van der Waals surface area contributed by atoms with Gasteiger partial charge in [-0.05, 0) is 79.9 Å². The first-order chi connectivity index (χ1) is 20.4. The fourth-order valence-electron chi connectivity index (χ4n) is 5.10. The largest absolute Gasteiger partial charge is 0.404 e. The number of hydrogen-bond donors (Lipinski definition) is 2. The zero-order valence-electron chi connectivity index (χ0n) is 23.5. The molecule has 42 heavy (non-hydrogen) atoms. The van der Waals surface area contributed by atoms with E-state index >= 15 is 0 Å². The summed E-state index contributed by atoms with van der Waals surface area (Å²) in [5.74, 6) is 0. The van der Waals surface area contributed by atoms with E-state index in [2.05, 4.69) is 50.1 Å². The summed E-state index contributed by atoms with van der Waals surface area (Å²) in [6, 6.07) is 28.5. The lowest BCUT2D eigenvalue weighted by atomic mass is 9.83. The van der Waals surface area contributed by atoms with Gasteiger partial charge in [-0.15, -0.1) is 0 Å². The maximum atomic E-state index is 9.19. The number of nitrogens with one attached hydrogen (secondary N) is 1. The predicted molar refractivity (Wildman–Crippen MR) is 178 cm³/mol. The Morgan fingerprint density at radius 2 is 1.21 bits per heavy atom. The van der Waals surface area contributed by atoms with Gasteiger partial charge in [-0.1, -0.05) is 105 Å². The molecule has 3 N–H and O–H groups in total. The Bertz CT molecular complexity index is 1900. The van der Waals surface area contributed by atoms with Crippen molar-refractivity contribution >= 4 is 40.3 Å². The second kappa shape index (κ2) is 12.9. The van der Waals surface area contributed by atoms with Gasteiger partial charge in [-0.3, -0.25) is 0 Å². The highest BCUT2D eigenvalue weighted by Gasteiger charge is 2.19. The lowest BCUT2D eigenvalue weighted by molar-refractivity contribution is 1.44. The maximum absolute atomic E-state index is 9.19. The Balaban J connectivity index is 1.92. The summed E-state index contributed by atoms with van der Waals surface area (Å²) < 4.78 is 0. The lowest BCUT2D eigenvalue weighted by Gasteiger charge is -2.20. The van der Waals surface area contributed by atoms with Gasteiger partial charge in [0, 0.05) is 29.1 Å². The van der Waals surface area contributed by atoms with Gasteiger partial charge in [-0.2, -0.15) is 10.5 Å². The van der Waals surface area contributed by atoms with E-state index in [1.54, 1.807) is 19.1 Å². The quantitative estimate of drug-likeness (QED) is 0.125. The van der Waals surface area contributed by atoms with Gasteiger partial charge in [0.2, 0.25) is 0 Å². The molecule has 4 nitrogen and oxygen atoms in total. The number of benzene rings is 4. The van der Waals surface area contributed by atoms with Crippen LogP contribution in [0.5, 0.6) is 0 Å². The second-order valence-corrected chi connectivity index (χ2v) is 9.63. The van der Waals surface area contributed by atoms with E-state index in [4.69, 9.17) is 16.4 Å². The third-order valence-electron chi connectivity index (χ3n) is 7.07. The summed E-state index contributed by atoms with van der Waals surface area (Å²) in [5.41, 5.74) is 15.9. The summed E-state index contributed by atoms with van der Waals surface area (Å²) >= 11 is 0. The number of hydrogen-bond acceptors (Lipinski definition) is 4. The molecule has 0 saturated heterocycles. The van der Waals surface area contributed by atoms with Gasteiger partial charge in [0.05, 0.1) is 12.1 Å². The van der Waals surface area contributed by atoms with Crippen LogP contribution in [0.1, 0.15) is 29.2 Å². The molecule has 0 fully saturated rings. The fraction of sp³-hybridized carbons (Fsp3) is 0.0263. The topological polar surface area (TPSA) is 97.4 Å². The molecular formula is C38H30N4. The van der Waals surface area contributed by atoms with Crippen LogP contribution in [0.4, 0.5) is 0 Å². The molecular weight excluding hydrogens is 512 g/mol. The van der Waals surface area contributed by atoms with Crippen molar-refractivity contribution in [1.82, 2.24) is 0 Å². The van der Waals surface area contributed by atoms with E-state index in [0.29, 0.717) is 16.7 Å². The molecule has 0 aliphatic carbocycles. The van der Waals surface area contributed by atoms with Crippen LogP contribution in [0.3, 0.4) is 0 Å². The monoisotopic (exact) mass is 542 g/mol. The van der Waals surface area contributed by atoms with Crippen LogP contribution in [0.2, 0.25) is 0 Å². The molecule has 4 aromatic rings. The zero-order chi connectivity index (χ0) is 30.2. The number of nitriles is 2. The van der Waals surface area contributed by atoms with Gasteiger partial charge in [0.1, 0.15) is 0 Å². The van der Waals surface area contributed by atoms with Crippen LogP contribution in [-0.2, 0) is 0 Å². The predicted octanol–water partition coefficient (Wildman–Crippen LogP) is 9.34. The third-order valence-corrected chi connectivity index (χ3v) is 7.07. The molecule has 0 atom stereocenters. The van der Waals surface area contributed by atoms with Crippen molar-refractivity contribution in [2.75, 3.05) is 0 Å². The summed E-state index contributed by atoms with van der Waals surface area (Å²) in [7, 11) is 0. The molecule has 0 aromatic heterocycles. The fourth-order valence-corrected chi connectivity index (χ4v) is 5.10. The Morgan fingerprint density at radius 1 is 0.738 bits per heavy atom. The first-order valence-electron chi connectivity index (χ1n) is 13.3. The first kappa shape index (κ1) is 29.0. The van der Waals surface area contributed by atoms with E-state index in [-0.39, 0.29) is 0 Å². The van der Waals surface area contributed by atoms with E-state index < -0.39 is 0 Å². The van der Waals surface area contributed by atoms with Crippen LogP contribution in [-0.4, -0.2) is 6.21 Å². The average molecular weight is 543 g/mol. The van der Waals surface area contributed by atoms with Gasteiger partial charge < -0.3 is 11.1 Å². The minimum atomic E-state index is 0.292. The lowest BCUT2D eigenvalue weighted by Crippen LogP contribution is -1.97. The number of nitrogens with two attached hydrogens (primary N) is 1. The Kier molecular flexibility index (Phi) is 8.93. The molecule has 202 valence electrons. The molecule has 4 aromatic carbocycles.